The minimum Gasteiger partial charge on any atom is -0.474 e. The number of alkyl halides is 2. The summed E-state index contributed by atoms with van der Waals surface area (Å²) >= 11 is 0. The molecule has 0 heterocycles. The molecule has 8 heteroatoms. The Labute approximate surface area is 85.1 Å². The van der Waals surface area contributed by atoms with E-state index in [1.54, 1.807) is 0 Å². The number of carboxylic acids is 1. The predicted octanol–water partition coefficient (Wildman–Crippen LogP) is 2.16. The summed E-state index contributed by atoms with van der Waals surface area (Å²) < 4.78 is 65.8. The Morgan fingerprint density at radius 3 is 2.00 bits per heavy atom. The Morgan fingerprint density at radius 1 is 1.19 bits per heavy atom. The first-order valence-electron chi connectivity index (χ1n) is 3.69. The maximum atomic E-state index is 12.5. The quantitative estimate of drug-likeness (QED) is 0.652. The van der Waals surface area contributed by atoms with E-state index < -0.39 is 35.3 Å². The molecule has 88 valence electrons. The zero-order valence-electron chi connectivity index (χ0n) is 7.31. The molecule has 1 aromatic carbocycles. The SMILES string of the molecule is O=C(O)C(F)(F)Oc1cc(F)c(F)c(F)c1. The molecule has 0 atom stereocenters. The van der Waals surface area contributed by atoms with E-state index in [2.05, 4.69) is 4.74 Å². The highest BCUT2D eigenvalue weighted by molar-refractivity contribution is 5.73. The van der Waals surface area contributed by atoms with Gasteiger partial charge in [-0.05, 0) is 0 Å². The van der Waals surface area contributed by atoms with Gasteiger partial charge in [0.1, 0.15) is 5.75 Å². The normalized spacial score (nSPS) is 11.3. The van der Waals surface area contributed by atoms with Crippen LogP contribution in [0.5, 0.6) is 5.75 Å². The van der Waals surface area contributed by atoms with Crippen molar-refractivity contribution >= 4 is 5.97 Å². The first kappa shape index (κ1) is 12.2. The van der Waals surface area contributed by atoms with Crippen LogP contribution in [0, 0.1) is 17.5 Å². The molecule has 0 aliphatic rings. The van der Waals surface area contributed by atoms with E-state index in [9.17, 15) is 26.7 Å². The molecule has 16 heavy (non-hydrogen) atoms. The summed E-state index contributed by atoms with van der Waals surface area (Å²) in [5.74, 6) is -9.18. The second kappa shape index (κ2) is 3.95. The molecule has 0 bridgehead atoms. The molecule has 0 aliphatic heterocycles. The lowest BCUT2D eigenvalue weighted by Crippen LogP contribution is -2.34. The molecule has 0 saturated carbocycles. The Morgan fingerprint density at radius 2 is 1.62 bits per heavy atom. The van der Waals surface area contributed by atoms with E-state index in [0.29, 0.717) is 0 Å². The third kappa shape index (κ3) is 2.38. The summed E-state index contributed by atoms with van der Waals surface area (Å²) in [6, 6.07) is 0.213. The summed E-state index contributed by atoms with van der Waals surface area (Å²) in [6.07, 6.45) is -4.66. The maximum absolute atomic E-state index is 12.5. The van der Waals surface area contributed by atoms with E-state index in [0.717, 1.165) is 0 Å². The number of halogens is 5. The van der Waals surface area contributed by atoms with Gasteiger partial charge in [0.15, 0.2) is 17.5 Å². The summed E-state index contributed by atoms with van der Waals surface area (Å²) in [4.78, 5) is 9.93. The van der Waals surface area contributed by atoms with Gasteiger partial charge in [-0.1, -0.05) is 0 Å². The molecule has 3 nitrogen and oxygen atoms in total. The smallest absolute Gasteiger partial charge is 0.474 e. The Hall–Kier alpha value is -1.86. The zero-order valence-corrected chi connectivity index (χ0v) is 7.31. The van der Waals surface area contributed by atoms with Gasteiger partial charge in [0.05, 0.1) is 0 Å². The molecule has 0 amide bonds. The summed E-state index contributed by atoms with van der Waals surface area (Å²) in [5.41, 5.74) is 0. The molecule has 0 saturated heterocycles. The number of carbonyl (C=O) groups is 1. The van der Waals surface area contributed by atoms with Gasteiger partial charge in [0.25, 0.3) is 0 Å². The van der Waals surface area contributed by atoms with Crippen LogP contribution >= 0.6 is 0 Å². The van der Waals surface area contributed by atoms with Crippen molar-refractivity contribution in [3.8, 4) is 5.75 Å². The van der Waals surface area contributed by atoms with Crippen LogP contribution in [0.1, 0.15) is 0 Å². The number of hydrogen-bond acceptors (Lipinski definition) is 2. The van der Waals surface area contributed by atoms with E-state index in [1.165, 1.54) is 0 Å². The first-order chi connectivity index (χ1) is 7.24. The van der Waals surface area contributed by atoms with Crippen molar-refractivity contribution < 1.29 is 36.6 Å². The fraction of sp³-hybridized carbons (Fsp3) is 0.125. The highest BCUT2D eigenvalue weighted by Gasteiger charge is 2.42. The Balaban J connectivity index is 3.04. The van der Waals surface area contributed by atoms with Gasteiger partial charge in [0.2, 0.25) is 0 Å². The highest BCUT2D eigenvalue weighted by Crippen LogP contribution is 2.25. The largest absolute Gasteiger partial charge is 0.501 e. The Kier molecular flexibility index (Phi) is 3.02. The van der Waals surface area contributed by atoms with E-state index in [4.69, 9.17) is 5.11 Å². The fourth-order valence-electron chi connectivity index (χ4n) is 0.783. The monoisotopic (exact) mass is 242 g/mol. The molecule has 1 rings (SSSR count). The molecule has 1 aromatic rings. The van der Waals surface area contributed by atoms with Crippen molar-refractivity contribution in [3.63, 3.8) is 0 Å². The van der Waals surface area contributed by atoms with E-state index in [-0.39, 0.29) is 12.1 Å². The zero-order chi connectivity index (χ0) is 12.5. The van der Waals surface area contributed by atoms with Crippen molar-refractivity contribution in [2.45, 2.75) is 6.11 Å². The molecule has 0 aliphatic carbocycles. The third-order valence-electron chi connectivity index (χ3n) is 1.45. The maximum Gasteiger partial charge on any atom is 0.501 e. The molecule has 0 radical (unpaired) electrons. The molecular formula is C8H3F5O3. The van der Waals surface area contributed by atoms with E-state index >= 15 is 0 Å². The lowest BCUT2D eigenvalue weighted by Gasteiger charge is -2.13. The second-order valence-electron chi connectivity index (χ2n) is 2.62. The standard InChI is InChI=1S/C8H3F5O3/c9-4-1-3(2-5(10)6(4)11)16-8(12,13)7(14)15/h1-2H,(H,14,15). The number of rotatable bonds is 3. The van der Waals surface area contributed by atoms with Gasteiger partial charge >= 0.3 is 12.1 Å². The van der Waals surface area contributed by atoms with Gasteiger partial charge < -0.3 is 9.84 Å². The third-order valence-corrected chi connectivity index (χ3v) is 1.45. The Bertz CT molecular complexity index is 409. The summed E-state index contributed by atoms with van der Waals surface area (Å²) in [6.45, 7) is 0. The van der Waals surface area contributed by atoms with Crippen LogP contribution in [-0.2, 0) is 4.79 Å². The van der Waals surface area contributed by atoms with Gasteiger partial charge in [-0.25, -0.2) is 18.0 Å². The van der Waals surface area contributed by atoms with Crippen LogP contribution in [-0.4, -0.2) is 17.2 Å². The second-order valence-corrected chi connectivity index (χ2v) is 2.62. The van der Waals surface area contributed by atoms with Crippen LogP contribution in [0.25, 0.3) is 0 Å². The molecule has 0 fully saturated rings. The molecule has 0 aromatic heterocycles. The van der Waals surface area contributed by atoms with Crippen LogP contribution in [0.4, 0.5) is 22.0 Å². The van der Waals surface area contributed by atoms with Gasteiger partial charge in [-0.3, -0.25) is 0 Å². The topological polar surface area (TPSA) is 46.5 Å². The van der Waals surface area contributed by atoms with Crippen LogP contribution in [0.2, 0.25) is 0 Å². The van der Waals surface area contributed by atoms with Crippen molar-refractivity contribution in [2.24, 2.45) is 0 Å². The molecule has 0 unspecified atom stereocenters. The van der Waals surface area contributed by atoms with Crippen LogP contribution in [0.15, 0.2) is 12.1 Å². The first-order valence-corrected chi connectivity index (χ1v) is 3.69. The van der Waals surface area contributed by atoms with Crippen molar-refractivity contribution in [1.82, 2.24) is 0 Å². The number of hydrogen-bond donors (Lipinski definition) is 1. The predicted molar refractivity (Wildman–Crippen MR) is 39.5 cm³/mol. The average Bonchev–Trinajstić information content (AvgIpc) is 2.13. The van der Waals surface area contributed by atoms with Gasteiger partial charge in [0, 0.05) is 12.1 Å². The minimum absolute atomic E-state index is 0.106. The van der Waals surface area contributed by atoms with Gasteiger partial charge in [-0.2, -0.15) is 8.78 Å². The fourth-order valence-corrected chi connectivity index (χ4v) is 0.783. The van der Waals surface area contributed by atoms with Crippen LogP contribution < -0.4 is 4.74 Å². The van der Waals surface area contributed by atoms with Crippen molar-refractivity contribution in [2.75, 3.05) is 0 Å². The number of ether oxygens (including phenoxy) is 1. The minimum atomic E-state index is -4.66. The molecule has 1 N–H and O–H groups in total. The van der Waals surface area contributed by atoms with Gasteiger partial charge in [-0.15, -0.1) is 0 Å². The number of benzene rings is 1. The summed E-state index contributed by atoms with van der Waals surface area (Å²) in [7, 11) is 0. The summed E-state index contributed by atoms with van der Waals surface area (Å²) in [5, 5.41) is 7.96. The van der Waals surface area contributed by atoms with E-state index in [1.807, 2.05) is 0 Å². The average molecular weight is 242 g/mol. The lowest BCUT2D eigenvalue weighted by molar-refractivity contribution is -0.211. The lowest BCUT2D eigenvalue weighted by atomic mass is 10.3. The highest BCUT2D eigenvalue weighted by atomic mass is 19.3. The molecular weight excluding hydrogens is 239 g/mol. The molecule has 0 spiro atoms. The van der Waals surface area contributed by atoms with Crippen LogP contribution in [0.3, 0.4) is 0 Å². The van der Waals surface area contributed by atoms with Crippen molar-refractivity contribution in [1.29, 1.82) is 0 Å². The number of aliphatic carboxylic acids is 1. The van der Waals surface area contributed by atoms with Crippen molar-refractivity contribution in [3.05, 3.63) is 29.6 Å². The number of carboxylic acid groups (broad SMARTS) is 1.